The number of benzene rings is 1. The molecule has 0 unspecified atom stereocenters. The van der Waals surface area contributed by atoms with Gasteiger partial charge in [-0.25, -0.2) is 0 Å². The Labute approximate surface area is 155 Å². The highest BCUT2D eigenvalue weighted by atomic mass is 16.5. The van der Waals surface area contributed by atoms with Crippen LogP contribution in [0.4, 0.5) is 0 Å². The third kappa shape index (κ3) is 5.08. The van der Waals surface area contributed by atoms with E-state index in [0.29, 0.717) is 0 Å². The van der Waals surface area contributed by atoms with Crippen LogP contribution in [0.5, 0.6) is 0 Å². The van der Waals surface area contributed by atoms with Gasteiger partial charge in [-0.3, -0.25) is 9.89 Å². The topological polar surface area (TPSA) is 56.9 Å². The van der Waals surface area contributed by atoms with Gasteiger partial charge in [-0.1, -0.05) is 34.5 Å². The lowest BCUT2D eigenvalue weighted by molar-refractivity contribution is 0.169. The molecule has 2 heterocycles. The maximum Gasteiger partial charge on any atom is 0.193 e. The van der Waals surface area contributed by atoms with E-state index in [1.807, 2.05) is 13.1 Å². The van der Waals surface area contributed by atoms with Crippen molar-refractivity contribution in [1.82, 2.24) is 20.3 Å². The van der Waals surface area contributed by atoms with E-state index >= 15 is 0 Å². The fourth-order valence-electron chi connectivity index (χ4n) is 3.53. The Bertz CT molecular complexity index is 698. The summed E-state index contributed by atoms with van der Waals surface area (Å²) in [7, 11) is 1.86. The first-order chi connectivity index (χ1) is 12.6. The number of rotatable bonds is 5. The number of aliphatic imine (C=N–C) groups is 1. The van der Waals surface area contributed by atoms with Crippen LogP contribution in [0.2, 0.25) is 0 Å². The van der Waals surface area contributed by atoms with Crippen LogP contribution in [0.25, 0.3) is 0 Å². The molecule has 140 valence electrons. The summed E-state index contributed by atoms with van der Waals surface area (Å²) in [6.45, 7) is 10.0. The van der Waals surface area contributed by atoms with Gasteiger partial charge in [-0.2, -0.15) is 0 Å². The van der Waals surface area contributed by atoms with Gasteiger partial charge < -0.3 is 14.7 Å². The van der Waals surface area contributed by atoms with Crippen LogP contribution in [-0.4, -0.2) is 60.7 Å². The zero-order chi connectivity index (χ0) is 18.4. The predicted molar refractivity (Wildman–Crippen MR) is 104 cm³/mol. The molecular weight excluding hydrogens is 326 g/mol. The zero-order valence-electron chi connectivity index (χ0n) is 16.0. The van der Waals surface area contributed by atoms with Crippen molar-refractivity contribution in [3.63, 3.8) is 0 Å². The standard InChI is InChI=1S/C20H29N5O/c1-16-12-17(2)14-18(13-16)4-6-22-20(21-3)25-9-7-24(8-10-25)15-19-5-11-26-23-19/h5,11-14H,4,6-10,15H2,1-3H3,(H,21,22). The lowest BCUT2D eigenvalue weighted by atomic mass is 10.1. The zero-order valence-corrected chi connectivity index (χ0v) is 16.0. The number of guanidine groups is 1. The Morgan fingerprint density at radius 3 is 2.50 bits per heavy atom. The molecule has 0 aliphatic carbocycles. The highest BCUT2D eigenvalue weighted by Crippen LogP contribution is 2.10. The van der Waals surface area contributed by atoms with Gasteiger partial charge in [-0.15, -0.1) is 0 Å². The van der Waals surface area contributed by atoms with E-state index in [4.69, 9.17) is 4.52 Å². The first-order valence-corrected chi connectivity index (χ1v) is 9.28. The Morgan fingerprint density at radius 1 is 1.15 bits per heavy atom. The van der Waals surface area contributed by atoms with E-state index in [1.165, 1.54) is 16.7 Å². The van der Waals surface area contributed by atoms with Crippen molar-refractivity contribution in [2.45, 2.75) is 26.8 Å². The minimum atomic E-state index is 0.850. The molecular formula is C20H29N5O. The lowest BCUT2D eigenvalue weighted by Gasteiger charge is -2.36. The molecule has 1 N–H and O–H groups in total. The molecule has 6 heteroatoms. The Morgan fingerprint density at radius 2 is 1.88 bits per heavy atom. The largest absolute Gasteiger partial charge is 0.364 e. The van der Waals surface area contributed by atoms with Crippen LogP contribution < -0.4 is 5.32 Å². The maximum atomic E-state index is 4.91. The van der Waals surface area contributed by atoms with E-state index in [2.05, 4.69) is 57.3 Å². The molecule has 2 aromatic rings. The summed E-state index contributed by atoms with van der Waals surface area (Å²) in [4.78, 5) is 9.20. The molecule has 0 bridgehead atoms. The van der Waals surface area contributed by atoms with E-state index < -0.39 is 0 Å². The average molecular weight is 355 g/mol. The molecule has 0 radical (unpaired) electrons. The molecule has 1 aromatic carbocycles. The average Bonchev–Trinajstić information content (AvgIpc) is 3.12. The van der Waals surface area contributed by atoms with Gasteiger partial charge in [0.1, 0.15) is 6.26 Å². The molecule has 0 spiro atoms. The summed E-state index contributed by atoms with van der Waals surface area (Å²) in [5.41, 5.74) is 5.03. The van der Waals surface area contributed by atoms with E-state index in [0.717, 1.165) is 57.3 Å². The third-order valence-electron chi connectivity index (χ3n) is 4.74. The molecule has 1 fully saturated rings. The van der Waals surface area contributed by atoms with Crippen molar-refractivity contribution in [2.24, 2.45) is 4.99 Å². The highest BCUT2D eigenvalue weighted by molar-refractivity contribution is 5.80. The number of hydrogen-bond donors (Lipinski definition) is 1. The molecule has 3 rings (SSSR count). The van der Waals surface area contributed by atoms with Crippen molar-refractivity contribution < 1.29 is 4.52 Å². The monoisotopic (exact) mass is 355 g/mol. The molecule has 0 amide bonds. The first-order valence-electron chi connectivity index (χ1n) is 9.28. The minimum absolute atomic E-state index is 0.850. The van der Waals surface area contributed by atoms with Crippen molar-refractivity contribution in [1.29, 1.82) is 0 Å². The second-order valence-electron chi connectivity index (χ2n) is 6.97. The molecule has 1 saturated heterocycles. The third-order valence-corrected chi connectivity index (χ3v) is 4.74. The Hall–Kier alpha value is -2.34. The van der Waals surface area contributed by atoms with Gasteiger partial charge >= 0.3 is 0 Å². The normalized spacial score (nSPS) is 16.1. The van der Waals surface area contributed by atoms with Crippen molar-refractivity contribution in [2.75, 3.05) is 39.8 Å². The predicted octanol–water partition coefficient (Wildman–Crippen LogP) is 2.23. The second kappa shape index (κ2) is 8.85. The summed E-state index contributed by atoms with van der Waals surface area (Å²) in [6.07, 6.45) is 2.64. The lowest BCUT2D eigenvalue weighted by Crippen LogP contribution is -2.52. The van der Waals surface area contributed by atoms with Crippen LogP contribution >= 0.6 is 0 Å². The summed E-state index contributed by atoms with van der Waals surface area (Å²) in [6, 6.07) is 8.68. The van der Waals surface area contributed by atoms with Gasteiger partial charge in [0.15, 0.2) is 5.96 Å². The summed E-state index contributed by atoms with van der Waals surface area (Å²) < 4.78 is 4.91. The number of piperazine rings is 1. The summed E-state index contributed by atoms with van der Waals surface area (Å²) >= 11 is 0. The van der Waals surface area contributed by atoms with Gasteiger partial charge in [0.2, 0.25) is 0 Å². The fraction of sp³-hybridized carbons (Fsp3) is 0.500. The number of nitrogens with zero attached hydrogens (tertiary/aromatic N) is 4. The van der Waals surface area contributed by atoms with Gasteiger partial charge in [0, 0.05) is 52.4 Å². The molecule has 0 atom stereocenters. The van der Waals surface area contributed by atoms with E-state index in [-0.39, 0.29) is 0 Å². The van der Waals surface area contributed by atoms with Crippen LogP contribution in [0, 0.1) is 13.8 Å². The molecule has 1 aromatic heterocycles. The molecule has 6 nitrogen and oxygen atoms in total. The number of hydrogen-bond acceptors (Lipinski definition) is 4. The van der Waals surface area contributed by atoms with Crippen LogP contribution in [0.15, 0.2) is 40.0 Å². The van der Waals surface area contributed by atoms with Crippen LogP contribution in [0.3, 0.4) is 0 Å². The van der Waals surface area contributed by atoms with Gasteiger partial charge in [0.25, 0.3) is 0 Å². The van der Waals surface area contributed by atoms with Crippen molar-refractivity contribution in [3.8, 4) is 0 Å². The Kier molecular flexibility index (Phi) is 6.28. The molecule has 0 saturated carbocycles. The summed E-state index contributed by atoms with van der Waals surface area (Å²) in [5.74, 6) is 0.996. The molecule has 1 aliphatic heterocycles. The number of aryl methyl sites for hydroxylation is 2. The second-order valence-corrected chi connectivity index (χ2v) is 6.97. The Balaban J connectivity index is 1.44. The number of nitrogens with one attached hydrogen (secondary N) is 1. The highest BCUT2D eigenvalue weighted by Gasteiger charge is 2.20. The fourth-order valence-corrected chi connectivity index (χ4v) is 3.53. The minimum Gasteiger partial charge on any atom is -0.364 e. The maximum absolute atomic E-state index is 4.91. The smallest absolute Gasteiger partial charge is 0.193 e. The van der Waals surface area contributed by atoms with Crippen molar-refractivity contribution in [3.05, 3.63) is 52.9 Å². The SMILES string of the molecule is CN=C(NCCc1cc(C)cc(C)c1)N1CCN(Cc2ccon2)CC1. The van der Waals surface area contributed by atoms with E-state index in [1.54, 1.807) is 6.26 Å². The van der Waals surface area contributed by atoms with Crippen LogP contribution in [-0.2, 0) is 13.0 Å². The van der Waals surface area contributed by atoms with Crippen molar-refractivity contribution >= 4 is 5.96 Å². The molecule has 26 heavy (non-hydrogen) atoms. The molecule has 1 aliphatic rings. The quantitative estimate of drug-likeness (QED) is 0.658. The first kappa shape index (κ1) is 18.5. The van der Waals surface area contributed by atoms with Gasteiger partial charge in [-0.05, 0) is 25.8 Å². The van der Waals surface area contributed by atoms with E-state index in [9.17, 15) is 0 Å². The summed E-state index contributed by atoms with van der Waals surface area (Å²) in [5, 5.41) is 7.51. The van der Waals surface area contributed by atoms with Gasteiger partial charge in [0.05, 0.1) is 5.69 Å². The number of aromatic nitrogens is 1. The van der Waals surface area contributed by atoms with Crippen LogP contribution in [0.1, 0.15) is 22.4 Å².